The summed E-state index contributed by atoms with van der Waals surface area (Å²) in [5, 5.41) is 3.55. The molecule has 0 saturated carbocycles. The summed E-state index contributed by atoms with van der Waals surface area (Å²) in [6, 6.07) is 6.65. The van der Waals surface area contributed by atoms with Gasteiger partial charge in [0.25, 0.3) is 0 Å². The molecule has 1 unspecified atom stereocenters. The van der Waals surface area contributed by atoms with Gasteiger partial charge in [-0.15, -0.1) is 0 Å². The number of imidazole rings is 1. The Morgan fingerprint density at radius 3 is 2.94 bits per heavy atom. The summed E-state index contributed by atoms with van der Waals surface area (Å²) < 4.78 is 2.25. The lowest BCUT2D eigenvalue weighted by Crippen LogP contribution is -2.33. The second-order valence-electron chi connectivity index (χ2n) is 4.97. The van der Waals surface area contributed by atoms with Gasteiger partial charge in [0.1, 0.15) is 0 Å². The van der Waals surface area contributed by atoms with Crippen molar-refractivity contribution in [3.63, 3.8) is 0 Å². The van der Waals surface area contributed by atoms with Crippen LogP contribution < -0.4 is 5.32 Å². The molecule has 18 heavy (non-hydrogen) atoms. The molecule has 0 aliphatic carbocycles. The van der Waals surface area contributed by atoms with Crippen LogP contribution in [-0.2, 0) is 6.42 Å². The molecule has 1 aliphatic heterocycles. The second-order valence-corrected chi connectivity index (χ2v) is 4.97. The molecule has 0 saturated heterocycles. The van der Waals surface area contributed by atoms with Crippen molar-refractivity contribution in [1.29, 1.82) is 0 Å². The van der Waals surface area contributed by atoms with Crippen molar-refractivity contribution >= 4 is 0 Å². The smallest absolute Gasteiger partial charge is 0.0954 e. The highest BCUT2D eigenvalue weighted by Crippen LogP contribution is 2.28. The molecule has 0 aromatic carbocycles. The van der Waals surface area contributed by atoms with Crippen LogP contribution in [-0.4, -0.2) is 21.1 Å². The Hall–Kier alpha value is -1.68. The molecule has 0 amide bonds. The molecule has 0 bridgehead atoms. The van der Waals surface area contributed by atoms with Gasteiger partial charge in [0.2, 0.25) is 0 Å². The van der Waals surface area contributed by atoms with Crippen LogP contribution >= 0.6 is 0 Å². The van der Waals surface area contributed by atoms with Gasteiger partial charge < -0.3 is 9.88 Å². The third kappa shape index (κ3) is 1.82. The molecular weight excluding hydrogens is 224 g/mol. The first kappa shape index (κ1) is 11.4. The second kappa shape index (κ2) is 4.53. The van der Waals surface area contributed by atoms with E-state index in [0.717, 1.165) is 18.7 Å². The lowest BCUT2D eigenvalue weighted by atomic mass is 10.0. The highest BCUT2D eigenvalue weighted by Gasteiger charge is 2.27. The molecular formula is C14H18N4. The Bertz CT molecular complexity index is 530. The van der Waals surface area contributed by atoms with Gasteiger partial charge in [0, 0.05) is 25.2 Å². The van der Waals surface area contributed by atoms with E-state index in [1.807, 2.05) is 24.7 Å². The number of hydrogen-bond acceptors (Lipinski definition) is 3. The van der Waals surface area contributed by atoms with E-state index < -0.39 is 0 Å². The van der Waals surface area contributed by atoms with Crippen LogP contribution in [0.15, 0.2) is 30.7 Å². The number of pyridine rings is 1. The molecule has 1 atom stereocenters. The first-order chi connectivity index (χ1) is 8.77. The molecule has 4 heteroatoms. The highest BCUT2D eigenvalue weighted by molar-refractivity contribution is 5.29. The van der Waals surface area contributed by atoms with E-state index in [9.17, 15) is 0 Å². The predicted molar refractivity (Wildman–Crippen MR) is 70.4 cm³/mol. The monoisotopic (exact) mass is 242 g/mol. The zero-order valence-electron chi connectivity index (χ0n) is 10.8. The minimum Gasteiger partial charge on any atom is -0.330 e. The van der Waals surface area contributed by atoms with Crippen molar-refractivity contribution in [2.75, 3.05) is 6.54 Å². The molecule has 1 N–H and O–H groups in total. The Kier molecular flexibility index (Phi) is 2.88. The Labute approximate surface area is 107 Å². The molecule has 0 spiro atoms. The molecule has 3 rings (SSSR count). The maximum Gasteiger partial charge on any atom is 0.0954 e. The molecule has 0 radical (unpaired) electrons. The normalized spacial score (nSPS) is 18.9. The molecule has 1 aliphatic rings. The van der Waals surface area contributed by atoms with Crippen molar-refractivity contribution in [3.8, 4) is 0 Å². The fraction of sp³-hybridized carbons (Fsp3) is 0.429. The first-order valence-corrected chi connectivity index (χ1v) is 6.47. The number of hydrogen-bond donors (Lipinski definition) is 1. The first-order valence-electron chi connectivity index (χ1n) is 6.47. The highest BCUT2D eigenvalue weighted by atomic mass is 15.1. The van der Waals surface area contributed by atoms with Crippen molar-refractivity contribution in [2.24, 2.45) is 0 Å². The van der Waals surface area contributed by atoms with Crippen molar-refractivity contribution in [1.82, 2.24) is 19.9 Å². The van der Waals surface area contributed by atoms with Crippen LogP contribution in [0.1, 0.15) is 43.0 Å². The van der Waals surface area contributed by atoms with Gasteiger partial charge in [-0.3, -0.25) is 4.98 Å². The molecule has 2 aromatic rings. The molecule has 4 nitrogen and oxygen atoms in total. The molecule has 0 fully saturated rings. The van der Waals surface area contributed by atoms with E-state index in [2.05, 4.69) is 39.8 Å². The third-order valence-corrected chi connectivity index (χ3v) is 3.44. The maximum atomic E-state index is 4.55. The maximum absolute atomic E-state index is 4.55. The van der Waals surface area contributed by atoms with E-state index in [1.54, 1.807) is 0 Å². The van der Waals surface area contributed by atoms with Crippen LogP contribution in [0.4, 0.5) is 0 Å². The van der Waals surface area contributed by atoms with Gasteiger partial charge in [-0.25, -0.2) is 4.98 Å². The topological polar surface area (TPSA) is 42.7 Å². The standard InChI is InChI=1S/C14H18N4/c1-10(2)18-9-17-12-6-8-16-13(14(12)18)11-5-3-4-7-15-11/h3-5,7,9-10,13,16H,6,8H2,1-2H3. The Morgan fingerprint density at radius 2 is 2.22 bits per heavy atom. The summed E-state index contributed by atoms with van der Waals surface area (Å²) in [5.41, 5.74) is 3.55. The Morgan fingerprint density at radius 1 is 1.33 bits per heavy atom. The quantitative estimate of drug-likeness (QED) is 0.877. The van der Waals surface area contributed by atoms with E-state index in [0.29, 0.717) is 6.04 Å². The third-order valence-electron chi connectivity index (χ3n) is 3.44. The minimum atomic E-state index is 0.167. The molecule has 2 aromatic heterocycles. The number of aromatic nitrogens is 3. The van der Waals surface area contributed by atoms with Gasteiger partial charge in [-0.1, -0.05) is 6.07 Å². The summed E-state index contributed by atoms with van der Waals surface area (Å²) >= 11 is 0. The van der Waals surface area contributed by atoms with Crippen LogP contribution in [0.2, 0.25) is 0 Å². The minimum absolute atomic E-state index is 0.167. The SMILES string of the molecule is CC(C)n1cnc2c1C(c1ccccn1)NCC2. The zero-order valence-corrected chi connectivity index (χ0v) is 10.8. The zero-order chi connectivity index (χ0) is 12.5. The number of rotatable bonds is 2. The van der Waals surface area contributed by atoms with Crippen LogP contribution in [0.5, 0.6) is 0 Å². The Balaban J connectivity index is 2.08. The van der Waals surface area contributed by atoms with Crippen molar-refractivity contribution in [3.05, 3.63) is 47.8 Å². The molecule has 94 valence electrons. The van der Waals surface area contributed by atoms with Crippen molar-refractivity contribution < 1.29 is 0 Å². The lowest BCUT2D eigenvalue weighted by Gasteiger charge is -2.26. The summed E-state index contributed by atoms with van der Waals surface area (Å²) in [6.45, 7) is 5.33. The predicted octanol–water partition coefficient (Wildman–Crippen LogP) is 2.09. The van der Waals surface area contributed by atoms with Gasteiger partial charge in [-0.2, -0.15) is 0 Å². The number of nitrogens with zero attached hydrogens (tertiary/aromatic N) is 3. The summed E-state index contributed by atoms with van der Waals surface area (Å²) in [5.74, 6) is 0. The number of fused-ring (bicyclic) bond motifs is 1. The van der Waals surface area contributed by atoms with Crippen LogP contribution in [0, 0.1) is 0 Å². The van der Waals surface area contributed by atoms with E-state index in [1.165, 1.54) is 11.4 Å². The summed E-state index contributed by atoms with van der Waals surface area (Å²) in [7, 11) is 0. The van der Waals surface area contributed by atoms with Gasteiger partial charge in [-0.05, 0) is 26.0 Å². The van der Waals surface area contributed by atoms with Crippen LogP contribution in [0.3, 0.4) is 0 Å². The fourth-order valence-corrected chi connectivity index (χ4v) is 2.55. The molecule has 3 heterocycles. The summed E-state index contributed by atoms with van der Waals surface area (Å²) in [4.78, 5) is 9.03. The fourth-order valence-electron chi connectivity index (χ4n) is 2.55. The van der Waals surface area contributed by atoms with Gasteiger partial charge in [0.15, 0.2) is 0 Å². The van der Waals surface area contributed by atoms with Gasteiger partial charge >= 0.3 is 0 Å². The summed E-state index contributed by atoms with van der Waals surface area (Å²) in [6.07, 6.45) is 4.80. The van der Waals surface area contributed by atoms with E-state index in [-0.39, 0.29) is 6.04 Å². The van der Waals surface area contributed by atoms with E-state index >= 15 is 0 Å². The van der Waals surface area contributed by atoms with Crippen LogP contribution in [0.25, 0.3) is 0 Å². The average molecular weight is 242 g/mol. The van der Waals surface area contributed by atoms with Crippen molar-refractivity contribution in [2.45, 2.75) is 32.4 Å². The van der Waals surface area contributed by atoms with E-state index in [4.69, 9.17) is 0 Å². The van der Waals surface area contributed by atoms with Gasteiger partial charge in [0.05, 0.1) is 29.5 Å². The average Bonchev–Trinajstić information content (AvgIpc) is 2.83. The lowest BCUT2D eigenvalue weighted by molar-refractivity contribution is 0.485. The largest absolute Gasteiger partial charge is 0.330 e. The number of nitrogens with one attached hydrogen (secondary N) is 1.